The van der Waals surface area contributed by atoms with E-state index in [4.69, 9.17) is 0 Å². The largest absolute Gasteiger partial charge is 0.299 e. The Bertz CT molecular complexity index is 415. The first-order valence-electron chi connectivity index (χ1n) is 7.66. The number of rotatable bonds is 3. The van der Waals surface area contributed by atoms with Crippen molar-refractivity contribution in [1.82, 2.24) is 9.88 Å². The molecule has 0 unspecified atom stereocenters. The van der Waals surface area contributed by atoms with Crippen LogP contribution in [0.25, 0.3) is 0 Å². The Balaban J connectivity index is 1.76. The SMILES string of the molecule is CN1CCC[C@H]1c1cccnc1SC1CCCCC1. The molecule has 2 nitrogen and oxygen atoms in total. The van der Waals surface area contributed by atoms with Crippen LogP contribution in [0, 0.1) is 0 Å². The predicted molar refractivity (Wildman–Crippen MR) is 81.6 cm³/mol. The summed E-state index contributed by atoms with van der Waals surface area (Å²) in [5.41, 5.74) is 1.47. The Morgan fingerprint density at radius 3 is 2.74 bits per heavy atom. The fraction of sp³-hybridized carbons (Fsp3) is 0.688. The quantitative estimate of drug-likeness (QED) is 0.820. The smallest absolute Gasteiger partial charge is 0.101 e. The van der Waals surface area contributed by atoms with Crippen molar-refractivity contribution >= 4 is 11.8 Å². The van der Waals surface area contributed by atoms with Gasteiger partial charge in [0.2, 0.25) is 0 Å². The van der Waals surface area contributed by atoms with Gasteiger partial charge in [-0.15, -0.1) is 11.8 Å². The second-order valence-corrected chi connectivity index (χ2v) is 7.20. The van der Waals surface area contributed by atoms with Crippen LogP contribution in [0.4, 0.5) is 0 Å². The van der Waals surface area contributed by atoms with Gasteiger partial charge in [-0.3, -0.25) is 4.90 Å². The number of hydrogen-bond acceptors (Lipinski definition) is 3. The van der Waals surface area contributed by atoms with Gasteiger partial charge in [0.1, 0.15) is 5.03 Å². The molecule has 0 N–H and O–H groups in total. The summed E-state index contributed by atoms with van der Waals surface area (Å²) in [6.07, 6.45) is 11.6. The van der Waals surface area contributed by atoms with E-state index in [0.717, 1.165) is 5.25 Å². The molecule has 2 heterocycles. The molecule has 1 aliphatic carbocycles. The summed E-state index contributed by atoms with van der Waals surface area (Å²) in [5.74, 6) is 0. The van der Waals surface area contributed by atoms with Crippen LogP contribution in [0.5, 0.6) is 0 Å². The molecule has 1 aromatic rings. The summed E-state index contributed by atoms with van der Waals surface area (Å²) in [6, 6.07) is 5.00. The van der Waals surface area contributed by atoms with Crippen molar-refractivity contribution in [1.29, 1.82) is 0 Å². The molecule has 1 aliphatic heterocycles. The van der Waals surface area contributed by atoms with Gasteiger partial charge in [0.05, 0.1) is 0 Å². The third-order valence-electron chi connectivity index (χ3n) is 4.51. The molecule has 1 atom stereocenters. The van der Waals surface area contributed by atoms with Crippen LogP contribution in [0.3, 0.4) is 0 Å². The molecule has 0 amide bonds. The third-order valence-corrected chi connectivity index (χ3v) is 5.88. The van der Waals surface area contributed by atoms with Crippen molar-refractivity contribution in [3.05, 3.63) is 23.9 Å². The summed E-state index contributed by atoms with van der Waals surface area (Å²) in [6.45, 7) is 1.23. The third kappa shape index (κ3) is 3.14. The molecule has 19 heavy (non-hydrogen) atoms. The first kappa shape index (κ1) is 13.4. The van der Waals surface area contributed by atoms with E-state index < -0.39 is 0 Å². The minimum atomic E-state index is 0.597. The summed E-state index contributed by atoms with van der Waals surface area (Å²) in [7, 11) is 2.25. The van der Waals surface area contributed by atoms with Gasteiger partial charge in [-0.1, -0.05) is 25.3 Å². The molecule has 1 saturated carbocycles. The van der Waals surface area contributed by atoms with Crippen LogP contribution >= 0.6 is 11.8 Å². The maximum Gasteiger partial charge on any atom is 0.101 e. The number of aromatic nitrogens is 1. The van der Waals surface area contributed by atoms with E-state index in [2.05, 4.69) is 29.1 Å². The fourth-order valence-electron chi connectivity index (χ4n) is 3.40. The molecule has 2 aliphatic rings. The topological polar surface area (TPSA) is 16.1 Å². The summed E-state index contributed by atoms with van der Waals surface area (Å²) >= 11 is 2.04. The molecule has 1 saturated heterocycles. The van der Waals surface area contributed by atoms with Gasteiger partial charge in [0, 0.05) is 23.1 Å². The van der Waals surface area contributed by atoms with Crippen molar-refractivity contribution in [2.24, 2.45) is 0 Å². The molecule has 0 bridgehead atoms. The molecule has 104 valence electrons. The first-order valence-corrected chi connectivity index (χ1v) is 8.54. The Hall–Kier alpha value is -0.540. The molecule has 1 aromatic heterocycles. The van der Waals surface area contributed by atoms with Gasteiger partial charge in [0.25, 0.3) is 0 Å². The summed E-state index contributed by atoms with van der Waals surface area (Å²) in [5, 5.41) is 2.10. The normalized spacial score (nSPS) is 25.8. The zero-order valence-corrected chi connectivity index (χ0v) is 12.7. The molecular weight excluding hydrogens is 252 g/mol. The van der Waals surface area contributed by atoms with E-state index in [1.807, 2.05) is 18.0 Å². The zero-order valence-electron chi connectivity index (χ0n) is 11.8. The van der Waals surface area contributed by atoms with Crippen molar-refractivity contribution in [3.63, 3.8) is 0 Å². The lowest BCUT2D eigenvalue weighted by Crippen LogP contribution is -2.19. The number of thioether (sulfide) groups is 1. The standard InChI is InChI=1S/C16H24N2S/c1-18-12-6-10-15(18)14-9-5-11-17-16(14)19-13-7-3-2-4-8-13/h5,9,11,13,15H,2-4,6-8,10,12H2,1H3/t15-/m0/s1. The minimum Gasteiger partial charge on any atom is -0.299 e. The van der Waals surface area contributed by atoms with Gasteiger partial charge >= 0.3 is 0 Å². The summed E-state index contributed by atoms with van der Waals surface area (Å²) < 4.78 is 0. The number of pyridine rings is 1. The fourth-order valence-corrected chi connectivity index (χ4v) is 4.75. The Morgan fingerprint density at radius 1 is 1.16 bits per heavy atom. The highest BCUT2D eigenvalue weighted by atomic mass is 32.2. The molecule has 2 fully saturated rings. The lowest BCUT2D eigenvalue weighted by atomic mass is 10.0. The van der Waals surface area contributed by atoms with Gasteiger partial charge in [-0.05, 0) is 45.3 Å². The van der Waals surface area contributed by atoms with Crippen molar-refractivity contribution in [3.8, 4) is 0 Å². The minimum absolute atomic E-state index is 0.597. The number of likely N-dealkylation sites (tertiary alicyclic amines) is 1. The molecule has 3 heteroatoms. The predicted octanol–water partition coefficient (Wildman–Crippen LogP) is 4.27. The van der Waals surface area contributed by atoms with E-state index in [-0.39, 0.29) is 0 Å². The highest BCUT2D eigenvalue weighted by molar-refractivity contribution is 7.99. The van der Waals surface area contributed by atoms with Crippen molar-refractivity contribution < 1.29 is 0 Å². The lowest BCUT2D eigenvalue weighted by Gasteiger charge is -2.25. The molecule has 0 spiro atoms. The van der Waals surface area contributed by atoms with Crippen LogP contribution < -0.4 is 0 Å². The average Bonchev–Trinajstić information content (AvgIpc) is 2.87. The van der Waals surface area contributed by atoms with Crippen LogP contribution in [-0.4, -0.2) is 28.7 Å². The second-order valence-electron chi connectivity index (χ2n) is 5.91. The molecule has 3 rings (SSSR count). The second kappa shape index (κ2) is 6.27. The lowest BCUT2D eigenvalue weighted by molar-refractivity contribution is 0.313. The van der Waals surface area contributed by atoms with E-state index in [9.17, 15) is 0 Å². The molecular formula is C16H24N2S. The zero-order chi connectivity index (χ0) is 13.1. The van der Waals surface area contributed by atoms with Crippen LogP contribution in [0.2, 0.25) is 0 Å². The van der Waals surface area contributed by atoms with Gasteiger partial charge in [-0.2, -0.15) is 0 Å². The summed E-state index contributed by atoms with van der Waals surface area (Å²) in [4.78, 5) is 7.18. The van der Waals surface area contributed by atoms with Gasteiger partial charge in [0.15, 0.2) is 0 Å². The van der Waals surface area contributed by atoms with Crippen LogP contribution in [0.1, 0.15) is 56.6 Å². The van der Waals surface area contributed by atoms with Crippen LogP contribution in [0.15, 0.2) is 23.4 Å². The average molecular weight is 276 g/mol. The van der Waals surface area contributed by atoms with E-state index in [1.165, 1.54) is 62.1 Å². The maximum atomic E-state index is 4.69. The highest BCUT2D eigenvalue weighted by Gasteiger charge is 2.26. The van der Waals surface area contributed by atoms with Crippen molar-refractivity contribution in [2.45, 2.75) is 61.3 Å². The van der Waals surface area contributed by atoms with Crippen LogP contribution in [-0.2, 0) is 0 Å². The maximum absolute atomic E-state index is 4.69. The Kier molecular flexibility index (Phi) is 4.44. The Labute approximate surface area is 121 Å². The number of hydrogen-bond donors (Lipinski definition) is 0. The van der Waals surface area contributed by atoms with E-state index >= 15 is 0 Å². The number of nitrogens with zero attached hydrogens (tertiary/aromatic N) is 2. The molecule has 0 aromatic carbocycles. The first-order chi connectivity index (χ1) is 9.34. The van der Waals surface area contributed by atoms with E-state index in [1.54, 1.807) is 0 Å². The van der Waals surface area contributed by atoms with Gasteiger partial charge in [-0.25, -0.2) is 4.98 Å². The van der Waals surface area contributed by atoms with E-state index in [0.29, 0.717) is 6.04 Å². The van der Waals surface area contributed by atoms with Crippen molar-refractivity contribution in [2.75, 3.05) is 13.6 Å². The monoisotopic (exact) mass is 276 g/mol. The molecule has 0 radical (unpaired) electrons. The van der Waals surface area contributed by atoms with Gasteiger partial charge < -0.3 is 0 Å². The Morgan fingerprint density at radius 2 is 2.00 bits per heavy atom. The highest BCUT2D eigenvalue weighted by Crippen LogP contribution is 2.39.